The number of aromatic nitrogens is 1. The Morgan fingerprint density at radius 1 is 1.40 bits per heavy atom. The zero-order valence-electron chi connectivity index (χ0n) is 11.8. The molecule has 1 aromatic rings. The van der Waals surface area contributed by atoms with E-state index in [9.17, 15) is 9.59 Å². The molecule has 8 heteroatoms. The number of amides is 2. The predicted molar refractivity (Wildman–Crippen MR) is 75.6 cm³/mol. The first-order valence-corrected chi connectivity index (χ1v) is 5.98. The maximum Gasteiger partial charge on any atom is 0.341 e. The van der Waals surface area contributed by atoms with Gasteiger partial charge in [-0.05, 0) is 6.07 Å². The molecule has 0 aliphatic carbocycles. The number of nitrogens with zero attached hydrogens (tertiary/aromatic N) is 2. The van der Waals surface area contributed by atoms with E-state index in [1.165, 1.54) is 24.3 Å². The molecular weight excluding hydrogens is 262 g/mol. The van der Waals surface area contributed by atoms with Crippen molar-refractivity contribution in [2.75, 3.05) is 45.3 Å². The van der Waals surface area contributed by atoms with E-state index in [2.05, 4.69) is 20.4 Å². The number of methoxy groups -OCH3 is 1. The van der Waals surface area contributed by atoms with Crippen molar-refractivity contribution in [1.29, 1.82) is 0 Å². The summed E-state index contributed by atoms with van der Waals surface area (Å²) in [6.07, 6.45) is 1.44. The lowest BCUT2D eigenvalue weighted by atomic mass is 10.2. The molecule has 0 bridgehead atoms. The second kappa shape index (κ2) is 7.17. The summed E-state index contributed by atoms with van der Waals surface area (Å²) in [6, 6.07) is 1.30. The lowest BCUT2D eigenvalue weighted by molar-refractivity contribution is 0.0601. The summed E-state index contributed by atoms with van der Waals surface area (Å²) in [6.45, 7) is 0.810. The average Bonchev–Trinajstić information content (AvgIpc) is 2.43. The Kier molecular flexibility index (Phi) is 5.57. The van der Waals surface area contributed by atoms with Gasteiger partial charge in [0.1, 0.15) is 11.4 Å². The summed E-state index contributed by atoms with van der Waals surface area (Å²) in [5, 5.41) is 5.63. The normalized spacial score (nSPS) is 9.75. The molecule has 0 unspecified atom stereocenters. The van der Waals surface area contributed by atoms with Crippen LogP contribution in [0.25, 0.3) is 0 Å². The number of nitrogen functional groups attached to an aromatic ring is 1. The molecule has 1 rings (SSSR count). The van der Waals surface area contributed by atoms with E-state index in [0.29, 0.717) is 24.6 Å². The number of urea groups is 1. The van der Waals surface area contributed by atoms with E-state index < -0.39 is 5.97 Å². The van der Waals surface area contributed by atoms with E-state index in [1.807, 2.05) is 0 Å². The van der Waals surface area contributed by atoms with Crippen LogP contribution in [0.4, 0.5) is 16.3 Å². The first kappa shape index (κ1) is 15.5. The molecule has 0 fully saturated rings. The van der Waals surface area contributed by atoms with Gasteiger partial charge in [-0.1, -0.05) is 0 Å². The topological polar surface area (TPSA) is 110 Å². The van der Waals surface area contributed by atoms with Gasteiger partial charge in [0.25, 0.3) is 0 Å². The Bertz CT molecular complexity index is 490. The van der Waals surface area contributed by atoms with Gasteiger partial charge in [-0.3, -0.25) is 0 Å². The summed E-state index contributed by atoms with van der Waals surface area (Å²) in [4.78, 5) is 28.4. The summed E-state index contributed by atoms with van der Waals surface area (Å²) in [5.41, 5.74) is 6.22. The quantitative estimate of drug-likeness (QED) is 0.523. The van der Waals surface area contributed by atoms with Gasteiger partial charge in [0.05, 0.1) is 19.0 Å². The van der Waals surface area contributed by atoms with Crippen LogP contribution in [0, 0.1) is 0 Å². The van der Waals surface area contributed by atoms with Crippen LogP contribution in [0.3, 0.4) is 0 Å². The summed E-state index contributed by atoms with van der Waals surface area (Å²) in [5.74, 6) is -0.158. The molecule has 1 aromatic heterocycles. The van der Waals surface area contributed by atoms with E-state index in [4.69, 9.17) is 5.73 Å². The van der Waals surface area contributed by atoms with Crippen LogP contribution < -0.4 is 16.4 Å². The Balaban J connectivity index is 2.60. The highest BCUT2D eigenvalue weighted by atomic mass is 16.5. The summed E-state index contributed by atoms with van der Waals surface area (Å²) in [7, 11) is 4.59. The van der Waals surface area contributed by atoms with Crippen molar-refractivity contribution in [3.63, 3.8) is 0 Å². The van der Waals surface area contributed by atoms with Crippen LogP contribution in [-0.2, 0) is 4.74 Å². The molecule has 2 amide bonds. The van der Waals surface area contributed by atoms with Crippen molar-refractivity contribution >= 4 is 23.5 Å². The number of carbonyl (C=O) groups excluding carboxylic acids is 2. The maximum absolute atomic E-state index is 11.6. The van der Waals surface area contributed by atoms with Gasteiger partial charge in [0.15, 0.2) is 0 Å². The number of carbonyl (C=O) groups is 2. The zero-order valence-corrected chi connectivity index (χ0v) is 11.8. The van der Waals surface area contributed by atoms with Crippen LogP contribution in [-0.4, -0.2) is 56.2 Å². The van der Waals surface area contributed by atoms with E-state index in [0.717, 1.165) is 0 Å². The van der Waals surface area contributed by atoms with Crippen LogP contribution in [0.15, 0.2) is 12.3 Å². The largest absolute Gasteiger partial charge is 0.465 e. The number of nitrogens with two attached hydrogens (primary N) is 1. The van der Waals surface area contributed by atoms with Gasteiger partial charge in [0, 0.05) is 27.2 Å². The minimum Gasteiger partial charge on any atom is -0.465 e. The second-order valence-electron chi connectivity index (χ2n) is 4.21. The number of esters is 1. The molecule has 4 N–H and O–H groups in total. The monoisotopic (exact) mass is 281 g/mol. The standard InChI is InChI=1S/C12H19N5O3/c1-17(2)12(19)15-5-4-14-10-9(11(18)20-3)6-8(13)7-16-10/h6-7H,4-5,13H2,1-3H3,(H,14,16)(H,15,19). The molecular formula is C12H19N5O3. The van der Waals surface area contributed by atoms with Crippen molar-refractivity contribution in [3.8, 4) is 0 Å². The molecule has 0 spiro atoms. The van der Waals surface area contributed by atoms with Crippen LogP contribution in [0.2, 0.25) is 0 Å². The van der Waals surface area contributed by atoms with Gasteiger partial charge >= 0.3 is 12.0 Å². The van der Waals surface area contributed by atoms with Gasteiger partial charge in [-0.25, -0.2) is 14.6 Å². The van der Waals surface area contributed by atoms with E-state index in [1.54, 1.807) is 14.1 Å². The number of anilines is 2. The smallest absolute Gasteiger partial charge is 0.341 e. The molecule has 110 valence electrons. The average molecular weight is 281 g/mol. The van der Waals surface area contributed by atoms with Crippen molar-refractivity contribution < 1.29 is 14.3 Å². The fourth-order valence-corrected chi connectivity index (χ4v) is 1.40. The predicted octanol–water partition coefficient (Wildman–Crippen LogP) is 0.134. The zero-order chi connectivity index (χ0) is 15.1. The van der Waals surface area contributed by atoms with Crippen LogP contribution in [0.5, 0.6) is 0 Å². The van der Waals surface area contributed by atoms with Crippen molar-refractivity contribution in [3.05, 3.63) is 17.8 Å². The molecule has 1 heterocycles. The Hall–Kier alpha value is -2.51. The van der Waals surface area contributed by atoms with Gasteiger partial charge in [-0.15, -0.1) is 0 Å². The third kappa shape index (κ3) is 4.30. The maximum atomic E-state index is 11.6. The number of pyridine rings is 1. The third-order valence-electron chi connectivity index (χ3n) is 2.41. The Morgan fingerprint density at radius 3 is 2.70 bits per heavy atom. The Labute approximate surface area is 117 Å². The first-order chi connectivity index (χ1) is 9.45. The third-order valence-corrected chi connectivity index (χ3v) is 2.41. The molecule has 0 aliphatic rings. The Morgan fingerprint density at radius 2 is 2.10 bits per heavy atom. The molecule has 0 aliphatic heterocycles. The molecule has 0 radical (unpaired) electrons. The van der Waals surface area contributed by atoms with E-state index >= 15 is 0 Å². The van der Waals surface area contributed by atoms with Gasteiger partial charge in [-0.2, -0.15) is 0 Å². The number of hydrogen-bond acceptors (Lipinski definition) is 6. The first-order valence-electron chi connectivity index (χ1n) is 5.98. The molecule has 0 aromatic carbocycles. The molecule has 0 atom stereocenters. The fourth-order valence-electron chi connectivity index (χ4n) is 1.40. The SMILES string of the molecule is COC(=O)c1cc(N)cnc1NCCNC(=O)N(C)C. The highest BCUT2D eigenvalue weighted by Crippen LogP contribution is 2.16. The van der Waals surface area contributed by atoms with Crippen molar-refractivity contribution in [2.24, 2.45) is 0 Å². The highest BCUT2D eigenvalue weighted by molar-refractivity contribution is 5.95. The number of rotatable bonds is 5. The van der Waals surface area contributed by atoms with Crippen LogP contribution >= 0.6 is 0 Å². The van der Waals surface area contributed by atoms with Crippen molar-refractivity contribution in [1.82, 2.24) is 15.2 Å². The fraction of sp³-hybridized carbons (Fsp3) is 0.417. The number of nitrogens with one attached hydrogen (secondary N) is 2. The number of hydrogen-bond donors (Lipinski definition) is 3. The molecule has 0 saturated heterocycles. The van der Waals surface area contributed by atoms with Crippen LogP contribution in [0.1, 0.15) is 10.4 Å². The molecule has 0 saturated carbocycles. The summed E-state index contributed by atoms with van der Waals surface area (Å²) < 4.78 is 4.66. The second-order valence-corrected chi connectivity index (χ2v) is 4.21. The minimum absolute atomic E-state index is 0.190. The van der Waals surface area contributed by atoms with Gasteiger partial charge < -0.3 is 26.0 Å². The highest BCUT2D eigenvalue weighted by Gasteiger charge is 2.13. The lowest BCUT2D eigenvalue weighted by Crippen LogP contribution is -2.37. The molecule has 20 heavy (non-hydrogen) atoms. The number of ether oxygens (including phenoxy) is 1. The van der Waals surface area contributed by atoms with E-state index in [-0.39, 0.29) is 11.6 Å². The minimum atomic E-state index is -0.523. The van der Waals surface area contributed by atoms with Gasteiger partial charge in [0.2, 0.25) is 0 Å². The van der Waals surface area contributed by atoms with Crippen molar-refractivity contribution in [2.45, 2.75) is 0 Å². The lowest BCUT2D eigenvalue weighted by Gasteiger charge is -2.13. The molecule has 8 nitrogen and oxygen atoms in total. The summed E-state index contributed by atoms with van der Waals surface area (Å²) >= 11 is 0.